The predicted octanol–water partition coefficient (Wildman–Crippen LogP) is 1.64. The Morgan fingerprint density at radius 1 is 1.37 bits per heavy atom. The van der Waals surface area contributed by atoms with Crippen LogP contribution in [-0.4, -0.2) is 36.5 Å². The molecule has 2 rings (SSSR count). The SMILES string of the molecule is CC(=O)OCC1CCN(CCc2ccccc2)C1=O. The number of hydrogen-bond donors (Lipinski definition) is 0. The van der Waals surface area contributed by atoms with Crippen molar-refractivity contribution in [3.8, 4) is 0 Å². The molecule has 1 saturated heterocycles. The van der Waals surface area contributed by atoms with E-state index in [1.54, 1.807) is 0 Å². The van der Waals surface area contributed by atoms with Gasteiger partial charge in [-0.1, -0.05) is 30.3 Å². The van der Waals surface area contributed by atoms with Gasteiger partial charge in [0.1, 0.15) is 6.61 Å². The maximum Gasteiger partial charge on any atom is 0.302 e. The molecule has 1 aromatic rings. The molecular formula is C15H19NO3. The first-order chi connectivity index (χ1) is 9.16. The fourth-order valence-corrected chi connectivity index (χ4v) is 2.31. The minimum atomic E-state index is -0.324. The number of amides is 1. The number of esters is 1. The van der Waals surface area contributed by atoms with E-state index in [4.69, 9.17) is 4.74 Å². The van der Waals surface area contributed by atoms with E-state index in [-0.39, 0.29) is 24.4 Å². The Hall–Kier alpha value is -1.84. The van der Waals surface area contributed by atoms with Crippen LogP contribution in [0.3, 0.4) is 0 Å². The van der Waals surface area contributed by atoms with Gasteiger partial charge in [-0.3, -0.25) is 9.59 Å². The molecule has 0 N–H and O–H groups in total. The van der Waals surface area contributed by atoms with Gasteiger partial charge in [0.15, 0.2) is 0 Å². The summed E-state index contributed by atoms with van der Waals surface area (Å²) in [4.78, 5) is 24.7. The fourth-order valence-electron chi connectivity index (χ4n) is 2.31. The highest BCUT2D eigenvalue weighted by Crippen LogP contribution is 2.18. The number of ether oxygens (including phenoxy) is 1. The van der Waals surface area contributed by atoms with Crippen LogP contribution in [0.5, 0.6) is 0 Å². The van der Waals surface area contributed by atoms with E-state index in [0.29, 0.717) is 0 Å². The third-order valence-corrected chi connectivity index (χ3v) is 3.41. The Morgan fingerprint density at radius 2 is 2.11 bits per heavy atom. The summed E-state index contributed by atoms with van der Waals surface area (Å²) in [5.41, 5.74) is 1.23. The second kappa shape index (κ2) is 6.36. The molecule has 1 aliphatic heterocycles. The van der Waals surface area contributed by atoms with Gasteiger partial charge in [0.2, 0.25) is 5.91 Å². The molecule has 1 aromatic carbocycles. The van der Waals surface area contributed by atoms with E-state index in [9.17, 15) is 9.59 Å². The van der Waals surface area contributed by atoms with E-state index in [0.717, 1.165) is 25.9 Å². The van der Waals surface area contributed by atoms with Crippen LogP contribution < -0.4 is 0 Å². The van der Waals surface area contributed by atoms with Crippen molar-refractivity contribution in [2.24, 2.45) is 5.92 Å². The van der Waals surface area contributed by atoms with Crippen molar-refractivity contribution in [3.05, 3.63) is 35.9 Å². The summed E-state index contributed by atoms with van der Waals surface area (Å²) in [6.45, 7) is 3.08. The molecule has 1 aliphatic rings. The standard InChI is InChI=1S/C15H19NO3/c1-12(17)19-11-14-8-10-16(15(14)18)9-7-13-5-3-2-4-6-13/h2-6,14H,7-11H2,1H3. The van der Waals surface area contributed by atoms with Crippen molar-refractivity contribution in [2.75, 3.05) is 19.7 Å². The third-order valence-electron chi connectivity index (χ3n) is 3.41. The van der Waals surface area contributed by atoms with Crippen LogP contribution in [0.25, 0.3) is 0 Å². The predicted molar refractivity (Wildman–Crippen MR) is 71.5 cm³/mol. The fraction of sp³-hybridized carbons (Fsp3) is 0.467. The van der Waals surface area contributed by atoms with Gasteiger partial charge in [0.25, 0.3) is 0 Å². The lowest BCUT2D eigenvalue weighted by atomic mass is 10.1. The molecule has 0 aliphatic carbocycles. The molecule has 1 fully saturated rings. The van der Waals surface area contributed by atoms with E-state index in [1.807, 2.05) is 23.1 Å². The van der Waals surface area contributed by atoms with Gasteiger partial charge >= 0.3 is 5.97 Å². The normalized spacial score (nSPS) is 18.7. The lowest BCUT2D eigenvalue weighted by Gasteiger charge is -2.16. The number of benzene rings is 1. The molecule has 1 heterocycles. The number of carbonyl (C=O) groups excluding carboxylic acids is 2. The van der Waals surface area contributed by atoms with Gasteiger partial charge in [0, 0.05) is 20.0 Å². The van der Waals surface area contributed by atoms with Crippen molar-refractivity contribution in [3.63, 3.8) is 0 Å². The maximum absolute atomic E-state index is 12.1. The summed E-state index contributed by atoms with van der Waals surface area (Å²) in [5.74, 6) is -0.368. The Labute approximate surface area is 113 Å². The summed E-state index contributed by atoms with van der Waals surface area (Å²) < 4.78 is 4.92. The van der Waals surface area contributed by atoms with E-state index >= 15 is 0 Å². The van der Waals surface area contributed by atoms with Crippen molar-refractivity contribution in [1.82, 2.24) is 4.90 Å². The lowest BCUT2D eigenvalue weighted by Crippen LogP contribution is -2.31. The van der Waals surface area contributed by atoms with Gasteiger partial charge in [-0.25, -0.2) is 0 Å². The van der Waals surface area contributed by atoms with Gasteiger partial charge in [-0.05, 0) is 18.4 Å². The van der Waals surface area contributed by atoms with Crippen LogP contribution >= 0.6 is 0 Å². The molecule has 0 saturated carbocycles. The summed E-state index contributed by atoms with van der Waals surface area (Å²) >= 11 is 0. The summed E-state index contributed by atoms with van der Waals surface area (Å²) in [6.07, 6.45) is 1.65. The molecule has 1 unspecified atom stereocenters. The molecule has 4 heteroatoms. The van der Waals surface area contributed by atoms with E-state index in [2.05, 4.69) is 12.1 Å². The smallest absolute Gasteiger partial charge is 0.302 e. The third kappa shape index (κ3) is 3.81. The van der Waals surface area contributed by atoms with Crippen LogP contribution in [0.1, 0.15) is 18.9 Å². The number of nitrogens with zero attached hydrogens (tertiary/aromatic N) is 1. The molecule has 0 bridgehead atoms. The monoisotopic (exact) mass is 261 g/mol. The molecule has 19 heavy (non-hydrogen) atoms. The Balaban J connectivity index is 1.80. The minimum absolute atomic E-state index is 0.109. The van der Waals surface area contributed by atoms with Crippen molar-refractivity contribution < 1.29 is 14.3 Å². The lowest BCUT2D eigenvalue weighted by molar-refractivity contribution is -0.144. The first kappa shape index (κ1) is 13.6. The Morgan fingerprint density at radius 3 is 2.79 bits per heavy atom. The molecule has 0 spiro atoms. The van der Waals surface area contributed by atoms with Crippen LogP contribution in [-0.2, 0) is 20.7 Å². The number of likely N-dealkylation sites (tertiary alicyclic amines) is 1. The number of rotatable bonds is 5. The summed E-state index contributed by atoms with van der Waals surface area (Å²) in [6, 6.07) is 10.1. The minimum Gasteiger partial charge on any atom is -0.465 e. The van der Waals surface area contributed by atoms with Gasteiger partial charge in [-0.15, -0.1) is 0 Å². The largest absolute Gasteiger partial charge is 0.465 e. The second-order valence-corrected chi connectivity index (χ2v) is 4.85. The van der Waals surface area contributed by atoms with E-state index < -0.39 is 0 Å². The zero-order chi connectivity index (χ0) is 13.7. The summed E-state index contributed by atoms with van der Waals surface area (Å²) in [5, 5.41) is 0. The average Bonchev–Trinajstić information content (AvgIpc) is 2.76. The van der Waals surface area contributed by atoms with Gasteiger partial charge in [-0.2, -0.15) is 0 Å². The topological polar surface area (TPSA) is 46.6 Å². The highest BCUT2D eigenvalue weighted by atomic mass is 16.5. The Bertz CT molecular complexity index is 444. The van der Waals surface area contributed by atoms with Crippen molar-refractivity contribution in [2.45, 2.75) is 19.8 Å². The van der Waals surface area contributed by atoms with Crippen LogP contribution in [0.2, 0.25) is 0 Å². The molecule has 1 amide bonds. The highest BCUT2D eigenvalue weighted by molar-refractivity contribution is 5.81. The Kier molecular flexibility index (Phi) is 4.55. The molecular weight excluding hydrogens is 242 g/mol. The zero-order valence-corrected chi connectivity index (χ0v) is 11.2. The second-order valence-electron chi connectivity index (χ2n) is 4.85. The molecule has 0 aromatic heterocycles. The van der Waals surface area contributed by atoms with Crippen molar-refractivity contribution >= 4 is 11.9 Å². The average molecular weight is 261 g/mol. The van der Waals surface area contributed by atoms with Crippen molar-refractivity contribution in [1.29, 1.82) is 0 Å². The highest BCUT2D eigenvalue weighted by Gasteiger charge is 2.31. The number of hydrogen-bond acceptors (Lipinski definition) is 3. The van der Waals surface area contributed by atoms with Gasteiger partial charge in [0.05, 0.1) is 5.92 Å². The maximum atomic E-state index is 12.1. The quantitative estimate of drug-likeness (QED) is 0.757. The first-order valence-electron chi connectivity index (χ1n) is 6.63. The molecule has 102 valence electrons. The molecule has 0 radical (unpaired) electrons. The van der Waals surface area contributed by atoms with Gasteiger partial charge < -0.3 is 9.64 Å². The first-order valence-corrected chi connectivity index (χ1v) is 6.63. The van der Waals surface area contributed by atoms with Crippen LogP contribution in [0, 0.1) is 5.92 Å². The van der Waals surface area contributed by atoms with Crippen LogP contribution in [0.4, 0.5) is 0 Å². The zero-order valence-electron chi connectivity index (χ0n) is 11.2. The van der Waals surface area contributed by atoms with Crippen LogP contribution in [0.15, 0.2) is 30.3 Å². The summed E-state index contributed by atoms with van der Waals surface area (Å²) in [7, 11) is 0. The van der Waals surface area contributed by atoms with E-state index in [1.165, 1.54) is 12.5 Å². The number of carbonyl (C=O) groups is 2. The molecule has 4 nitrogen and oxygen atoms in total. The molecule has 1 atom stereocenters.